The van der Waals surface area contributed by atoms with Crippen LogP contribution in [0.15, 0.2) is 29.8 Å². The van der Waals surface area contributed by atoms with E-state index in [9.17, 15) is 0 Å². The summed E-state index contributed by atoms with van der Waals surface area (Å²) in [7, 11) is 5.40. The third-order valence-corrected chi connectivity index (χ3v) is 4.02. The van der Waals surface area contributed by atoms with Gasteiger partial charge in [0.2, 0.25) is 0 Å². The third kappa shape index (κ3) is 3.54. The van der Waals surface area contributed by atoms with Crippen molar-refractivity contribution in [3.05, 3.63) is 35.4 Å². The Morgan fingerprint density at radius 2 is 2.05 bits per heavy atom. The number of benzene rings is 1. The first-order chi connectivity index (χ1) is 9.78. The van der Waals surface area contributed by atoms with Gasteiger partial charge < -0.3 is 14.8 Å². The molecule has 0 heterocycles. The van der Waals surface area contributed by atoms with Gasteiger partial charge >= 0.3 is 0 Å². The second-order valence-corrected chi connectivity index (χ2v) is 5.26. The smallest absolute Gasteiger partial charge is 0.127 e. The lowest BCUT2D eigenvalue weighted by Crippen LogP contribution is -2.18. The van der Waals surface area contributed by atoms with Crippen LogP contribution >= 0.6 is 0 Å². The summed E-state index contributed by atoms with van der Waals surface area (Å²) in [4.78, 5) is 0. The van der Waals surface area contributed by atoms with Crippen LogP contribution in [0.2, 0.25) is 0 Å². The lowest BCUT2D eigenvalue weighted by atomic mass is 9.91. The van der Waals surface area contributed by atoms with Crippen molar-refractivity contribution in [3.63, 3.8) is 0 Å². The van der Waals surface area contributed by atoms with Gasteiger partial charge in [-0.05, 0) is 45.2 Å². The van der Waals surface area contributed by atoms with E-state index in [1.165, 1.54) is 31.2 Å². The van der Waals surface area contributed by atoms with E-state index in [4.69, 9.17) is 9.47 Å². The monoisotopic (exact) mass is 275 g/mol. The van der Waals surface area contributed by atoms with Gasteiger partial charge in [-0.25, -0.2) is 0 Å². The van der Waals surface area contributed by atoms with E-state index in [-0.39, 0.29) is 0 Å². The lowest BCUT2D eigenvalue weighted by Gasteiger charge is -2.23. The summed E-state index contributed by atoms with van der Waals surface area (Å²) in [6, 6.07) is 6.34. The van der Waals surface area contributed by atoms with Gasteiger partial charge in [0.05, 0.1) is 14.2 Å². The Bertz CT molecular complexity index is 468. The first-order valence-electron chi connectivity index (χ1n) is 7.35. The van der Waals surface area contributed by atoms with Gasteiger partial charge in [-0.15, -0.1) is 0 Å². The first kappa shape index (κ1) is 14.9. The van der Waals surface area contributed by atoms with Gasteiger partial charge in [0.25, 0.3) is 0 Å². The van der Waals surface area contributed by atoms with E-state index in [0.29, 0.717) is 6.04 Å². The first-order valence-corrected chi connectivity index (χ1v) is 7.35. The maximum absolute atomic E-state index is 5.52. The molecule has 110 valence electrons. The topological polar surface area (TPSA) is 30.5 Å². The fourth-order valence-corrected chi connectivity index (χ4v) is 2.83. The molecule has 3 heteroatoms. The van der Waals surface area contributed by atoms with E-state index in [2.05, 4.69) is 17.5 Å². The minimum atomic E-state index is 0.292. The quantitative estimate of drug-likeness (QED) is 0.800. The molecule has 0 spiro atoms. The van der Waals surface area contributed by atoms with Crippen molar-refractivity contribution < 1.29 is 9.47 Å². The van der Waals surface area contributed by atoms with Crippen LogP contribution < -0.4 is 14.8 Å². The lowest BCUT2D eigenvalue weighted by molar-refractivity contribution is 0.385. The van der Waals surface area contributed by atoms with Crippen LogP contribution in [0.3, 0.4) is 0 Å². The molecule has 0 bridgehead atoms. The molecule has 0 fully saturated rings. The summed E-state index contributed by atoms with van der Waals surface area (Å²) in [5.41, 5.74) is 2.76. The van der Waals surface area contributed by atoms with Crippen LogP contribution in [-0.4, -0.2) is 21.3 Å². The zero-order valence-electron chi connectivity index (χ0n) is 12.7. The highest BCUT2D eigenvalue weighted by molar-refractivity contribution is 5.43. The highest BCUT2D eigenvalue weighted by Gasteiger charge is 2.17. The molecule has 2 rings (SSSR count). The molecular formula is C17H25NO2. The van der Waals surface area contributed by atoms with Crippen LogP contribution in [0.4, 0.5) is 0 Å². The molecule has 0 saturated carbocycles. The molecule has 1 aliphatic carbocycles. The Labute approximate surface area is 122 Å². The maximum atomic E-state index is 5.52. The zero-order valence-corrected chi connectivity index (χ0v) is 12.7. The minimum Gasteiger partial charge on any atom is -0.497 e. The Hall–Kier alpha value is -1.48. The summed E-state index contributed by atoms with van der Waals surface area (Å²) >= 11 is 0. The van der Waals surface area contributed by atoms with Crippen molar-refractivity contribution >= 4 is 0 Å². The Balaban J connectivity index is 2.19. The molecule has 0 aliphatic heterocycles. The standard InChI is InChI=1S/C17H25NO2/c1-18-16(11-13-7-5-4-6-8-13)15-10-9-14(19-2)12-17(15)20-3/h7,9-10,12,16,18H,4-6,8,11H2,1-3H3. The molecule has 0 saturated heterocycles. The number of methoxy groups -OCH3 is 2. The highest BCUT2D eigenvalue weighted by Crippen LogP contribution is 2.34. The summed E-state index contributed by atoms with van der Waals surface area (Å²) in [5, 5.41) is 3.42. The average molecular weight is 275 g/mol. The predicted molar refractivity (Wildman–Crippen MR) is 82.5 cm³/mol. The molecule has 0 amide bonds. The molecule has 1 aliphatic rings. The summed E-state index contributed by atoms with van der Waals surface area (Å²) in [5.74, 6) is 1.72. The summed E-state index contributed by atoms with van der Waals surface area (Å²) in [6.07, 6.45) is 8.58. The van der Waals surface area contributed by atoms with Crippen LogP contribution in [0, 0.1) is 0 Å². The predicted octanol–water partition coefficient (Wildman–Crippen LogP) is 3.85. The molecular weight excluding hydrogens is 250 g/mol. The fraction of sp³-hybridized carbons (Fsp3) is 0.529. The third-order valence-electron chi connectivity index (χ3n) is 4.02. The van der Waals surface area contributed by atoms with Gasteiger partial charge in [0.15, 0.2) is 0 Å². The van der Waals surface area contributed by atoms with Crippen molar-refractivity contribution in [3.8, 4) is 11.5 Å². The van der Waals surface area contributed by atoms with Crippen molar-refractivity contribution in [2.45, 2.75) is 38.1 Å². The second kappa shape index (κ2) is 7.34. The molecule has 1 aromatic rings. The largest absolute Gasteiger partial charge is 0.497 e. The molecule has 0 radical (unpaired) electrons. The average Bonchev–Trinajstić information content (AvgIpc) is 2.53. The van der Waals surface area contributed by atoms with E-state index in [0.717, 1.165) is 17.9 Å². The van der Waals surface area contributed by atoms with Gasteiger partial charge in [0, 0.05) is 17.7 Å². The van der Waals surface area contributed by atoms with E-state index < -0.39 is 0 Å². The molecule has 1 unspecified atom stereocenters. The summed E-state index contributed by atoms with van der Waals surface area (Å²) < 4.78 is 10.8. The zero-order chi connectivity index (χ0) is 14.4. The van der Waals surface area contributed by atoms with Crippen LogP contribution in [-0.2, 0) is 0 Å². The molecule has 1 N–H and O–H groups in total. The van der Waals surface area contributed by atoms with Gasteiger partial charge in [-0.3, -0.25) is 0 Å². The summed E-state index contributed by atoms with van der Waals surface area (Å²) in [6.45, 7) is 0. The molecule has 3 nitrogen and oxygen atoms in total. The Morgan fingerprint density at radius 3 is 2.65 bits per heavy atom. The van der Waals surface area contributed by atoms with E-state index in [1.54, 1.807) is 19.8 Å². The molecule has 0 aromatic heterocycles. The van der Waals surface area contributed by atoms with E-state index in [1.807, 2.05) is 19.2 Å². The number of hydrogen-bond donors (Lipinski definition) is 1. The van der Waals surface area contributed by atoms with Crippen molar-refractivity contribution in [1.82, 2.24) is 5.32 Å². The maximum Gasteiger partial charge on any atom is 0.127 e. The second-order valence-electron chi connectivity index (χ2n) is 5.26. The number of hydrogen-bond acceptors (Lipinski definition) is 3. The van der Waals surface area contributed by atoms with Gasteiger partial charge in [0.1, 0.15) is 11.5 Å². The van der Waals surface area contributed by atoms with Gasteiger partial charge in [-0.2, -0.15) is 0 Å². The van der Waals surface area contributed by atoms with Crippen LogP contribution in [0.25, 0.3) is 0 Å². The number of nitrogens with one attached hydrogen (secondary N) is 1. The normalized spacial score (nSPS) is 16.4. The molecule has 1 aromatic carbocycles. The SMILES string of the molecule is CNC(CC1=CCCCC1)c1ccc(OC)cc1OC. The number of ether oxygens (including phenoxy) is 2. The fourth-order valence-electron chi connectivity index (χ4n) is 2.83. The Morgan fingerprint density at radius 1 is 1.20 bits per heavy atom. The van der Waals surface area contributed by atoms with Crippen molar-refractivity contribution in [2.24, 2.45) is 0 Å². The highest BCUT2D eigenvalue weighted by atomic mass is 16.5. The van der Waals surface area contributed by atoms with E-state index >= 15 is 0 Å². The minimum absolute atomic E-state index is 0.292. The molecule has 1 atom stereocenters. The number of rotatable bonds is 6. The van der Waals surface area contributed by atoms with Crippen molar-refractivity contribution in [2.75, 3.05) is 21.3 Å². The Kier molecular flexibility index (Phi) is 5.48. The van der Waals surface area contributed by atoms with Crippen LogP contribution in [0.1, 0.15) is 43.7 Å². The number of allylic oxidation sites excluding steroid dienone is 1. The van der Waals surface area contributed by atoms with Crippen molar-refractivity contribution in [1.29, 1.82) is 0 Å². The van der Waals surface area contributed by atoms with Gasteiger partial charge in [-0.1, -0.05) is 17.7 Å². The molecule has 20 heavy (non-hydrogen) atoms. The van der Waals surface area contributed by atoms with Crippen LogP contribution in [0.5, 0.6) is 11.5 Å².